The Labute approximate surface area is 119 Å². The lowest BCUT2D eigenvalue weighted by molar-refractivity contribution is -0.329. The molecule has 0 aliphatic heterocycles. The molecule has 19 heavy (non-hydrogen) atoms. The van der Waals surface area contributed by atoms with Gasteiger partial charge in [-0.2, -0.15) is 0 Å². The average Bonchev–Trinajstić information content (AvgIpc) is 2.74. The fourth-order valence-corrected chi connectivity index (χ4v) is 5.45. The molecule has 0 radical (unpaired) electrons. The Morgan fingerprint density at radius 3 is 2.58 bits per heavy atom. The van der Waals surface area contributed by atoms with E-state index < -0.39 is 11.4 Å². The van der Waals surface area contributed by atoms with Crippen molar-refractivity contribution in [2.45, 2.75) is 44.1 Å². The summed E-state index contributed by atoms with van der Waals surface area (Å²) < 4.78 is 2.48. The number of carboxylic acids is 1. The molecule has 1 aromatic heterocycles. The molecular weight excluding hydrogens is 310 g/mol. The first kappa shape index (κ1) is 11.9. The molecule has 2 atom stereocenters. The zero-order valence-electron chi connectivity index (χ0n) is 10.5. The summed E-state index contributed by atoms with van der Waals surface area (Å²) in [6, 6.07) is 0. The van der Waals surface area contributed by atoms with Crippen molar-refractivity contribution in [1.29, 1.82) is 0 Å². The normalized spacial score (nSPS) is 43.6. The molecule has 1 heterocycles. The Morgan fingerprint density at radius 1 is 1.37 bits per heavy atom. The molecule has 6 heteroatoms. The summed E-state index contributed by atoms with van der Waals surface area (Å²) >= 11 is 3.28. The van der Waals surface area contributed by atoms with Gasteiger partial charge >= 0.3 is 0 Å². The number of carbonyl (C=O) groups excluding carboxylic acids is 1. The summed E-state index contributed by atoms with van der Waals surface area (Å²) in [5.74, 6) is 0.148. The van der Waals surface area contributed by atoms with Crippen molar-refractivity contribution in [2.75, 3.05) is 0 Å². The van der Waals surface area contributed by atoms with Crippen LogP contribution in [0.4, 0.5) is 0 Å². The largest absolute Gasteiger partial charge is 0.550 e. The summed E-state index contributed by atoms with van der Waals surface area (Å²) in [5, 5.41) is 16.1. The fourth-order valence-electron chi connectivity index (χ4n) is 5.19. The molecule has 4 bridgehead atoms. The van der Waals surface area contributed by atoms with E-state index in [0.29, 0.717) is 23.0 Å². The van der Waals surface area contributed by atoms with Gasteiger partial charge in [0.25, 0.3) is 0 Å². The molecule has 0 N–H and O–H groups in total. The minimum absolute atomic E-state index is 0.150. The average molecular weight is 325 g/mol. The molecule has 102 valence electrons. The van der Waals surface area contributed by atoms with Gasteiger partial charge in [0.05, 0.1) is 5.54 Å². The van der Waals surface area contributed by atoms with Crippen LogP contribution in [0.1, 0.15) is 38.5 Å². The van der Waals surface area contributed by atoms with E-state index in [9.17, 15) is 9.90 Å². The molecular formula is C13H15BrN3O2-. The molecule has 0 amide bonds. The summed E-state index contributed by atoms with van der Waals surface area (Å²) in [6.07, 6.45) is 7.23. The first-order chi connectivity index (χ1) is 9.01. The van der Waals surface area contributed by atoms with Crippen molar-refractivity contribution in [1.82, 2.24) is 14.8 Å². The third kappa shape index (κ3) is 1.55. The van der Waals surface area contributed by atoms with Gasteiger partial charge in [-0.3, -0.25) is 0 Å². The Balaban J connectivity index is 1.80. The van der Waals surface area contributed by atoms with E-state index >= 15 is 0 Å². The van der Waals surface area contributed by atoms with E-state index in [4.69, 9.17) is 0 Å². The smallest absolute Gasteiger partial charge is 0.217 e. The maximum absolute atomic E-state index is 11.7. The van der Waals surface area contributed by atoms with E-state index in [1.165, 1.54) is 6.42 Å². The highest BCUT2D eigenvalue weighted by Gasteiger charge is 2.59. The topological polar surface area (TPSA) is 70.8 Å². The second kappa shape index (κ2) is 3.59. The van der Waals surface area contributed by atoms with Gasteiger partial charge in [0.15, 0.2) is 0 Å². The van der Waals surface area contributed by atoms with Crippen LogP contribution < -0.4 is 5.11 Å². The highest BCUT2D eigenvalue weighted by Crippen LogP contribution is 2.63. The maximum Gasteiger partial charge on any atom is 0.217 e. The molecule has 1 aromatic rings. The third-order valence-corrected chi connectivity index (χ3v) is 5.78. The number of halogens is 1. The molecule has 0 spiro atoms. The summed E-state index contributed by atoms with van der Waals surface area (Å²) in [4.78, 5) is 15.8. The quantitative estimate of drug-likeness (QED) is 0.816. The molecule has 5 rings (SSSR count). The van der Waals surface area contributed by atoms with Gasteiger partial charge < -0.3 is 9.90 Å². The Kier molecular flexibility index (Phi) is 2.25. The molecule has 4 saturated carbocycles. The van der Waals surface area contributed by atoms with Crippen molar-refractivity contribution in [2.24, 2.45) is 17.3 Å². The van der Waals surface area contributed by atoms with Crippen LogP contribution in [-0.4, -0.2) is 20.7 Å². The fraction of sp³-hybridized carbons (Fsp3) is 0.769. The van der Waals surface area contributed by atoms with E-state index in [2.05, 4.69) is 26.0 Å². The van der Waals surface area contributed by atoms with Gasteiger partial charge in [-0.15, -0.1) is 5.10 Å². The van der Waals surface area contributed by atoms with Crippen LogP contribution in [0, 0.1) is 17.3 Å². The first-order valence-electron chi connectivity index (χ1n) is 6.81. The number of nitrogens with zero attached hydrogens (tertiary/aromatic N) is 3. The summed E-state index contributed by atoms with van der Waals surface area (Å²) in [7, 11) is 0. The maximum atomic E-state index is 11.7. The number of rotatable bonds is 2. The van der Waals surface area contributed by atoms with Gasteiger partial charge in [0.1, 0.15) is 6.33 Å². The van der Waals surface area contributed by atoms with Crippen molar-refractivity contribution < 1.29 is 9.90 Å². The highest BCUT2D eigenvalue weighted by atomic mass is 79.9. The molecule has 4 aliphatic rings. The molecule has 4 fully saturated rings. The van der Waals surface area contributed by atoms with Crippen LogP contribution in [0.15, 0.2) is 11.1 Å². The van der Waals surface area contributed by atoms with Crippen molar-refractivity contribution in [3.8, 4) is 0 Å². The lowest BCUT2D eigenvalue weighted by Gasteiger charge is -2.62. The van der Waals surface area contributed by atoms with Crippen LogP contribution in [0.25, 0.3) is 0 Å². The third-order valence-electron chi connectivity index (χ3n) is 5.41. The van der Waals surface area contributed by atoms with E-state index in [1.54, 1.807) is 6.33 Å². The predicted octanol–water partition coefficient (Wildman–Crippen LogP) is 1.09. The van der Waals surface area contributed by atoms with Crippen LogP contribution >= 0.6 is 15.9 Å². The monoisotopic (exact) mass is 324 g/mol. The van der Waals surface area contributed by atoms with Gasteiger partial charge in [0.2, 0.25) is 4.73 Å². The lowest BCUT2D eigenvalue weighted by Crippen LogP contribution is -2.61. The van der Waals surface area contributed by atoms with Crippen LogP contribution in [0.3, 0.4) is 0 Å². The Morgan fingerprint density at radius 2 is 2.05 bits per heavy atom. The number of aromatic nitrogens is 3. The number of carbonyl (C=O) groups is 1. The number of carboxylic acid groups (broad SMARTS) is 1. The number of hydrogen-bond donors (Lipinski definition) is 0. The van der Waals surface area contributed by atoms with Crippen LogP contribution in [0.5, 0.6) is 0 Å². The van der Waals surface area contributed by atoms with E-state index in [1.807, 2.05) is 4.68 Å². The van der Waals surface area contributed by atoms with Gasteiger partial charge in [-0.05, 0) is 66.3 Å². The standard InChI is InChI=1S/C13H16BrN3O2/c14-11-15-7-17(16-11)13-4-8-1-9(5-13)3-12(2-8,6-13)10(18)19/h7-9H,1-6H2,(H,18,19)/p-1. The zero-order valence-corrected chi connectivity index (χ0v) is 12.1. The van der Waals surface area contributed by atoms with Crippen LogP contribution in [-0.2, 0) is 10.3 Å². The molecule has 4 aliphatic carbocycles. The van der Waals surface area contributed by atoms with Crippen LogP contribution in [0.2, 0.25) is 0 Å². The SMILES string of the molecule is O=C([O-])C12CC3CC(C1)CC(n1cnc(Br)n1)(C3)C2. The zero-order chi connectivity index (χ0) is 13.3. The molecule has 2 unspecified atom stereocenters. The van der Waals surface area contributed by atoms with Gasteiger partial charge in [-0.25, -0.2) is 9.67 Å². The van der Waals surface area contributed by atoms with E-state index in [-0.39, 0.29) is 5.54 Å². The minimum Gasteiger partial charge on any atom is -0.550 e. The second-order valence-electron chi connectivity index (χ2n) is 6.71. The van der Waals surface area contributed by atoms with Crippen molar-refractivity contribution in [3.05, 3.63) is 11.1 Å². The first-order valence-corrected chi connectivity index (χ1v) is 7.60. The summed E-state index contributed by atoms with van der Waals surface area (Å²) in [5.41, 5.74) is -0.772. The van der Waals surface area contributed by atoms with Gasteiger partial charge in [-0.1, -0.05) is 0 Å². The molecule has 0 saturated heterocycles. The second-order valence-corrected chi connectivity index (χ2v) is 7.42. The van der Waals surface area contributed by atoms with Gasteiger partial charge in [0, 0.05) is 11.4 Å². The van der Waals surface area contributed by atoms with E-state index in [0.717, 1.165) is 25.7 Å². The van der Waals surface area contributed by atoms with Crippen molar-refractivity contribution >= 4 is 21.9 Å². The lowest BCUT2D eigenvalue weighted by atomic mass is 9.47. The number of hydrogen-bond acceptors (Lipinski definition) is 4. The van der Waals surface area contributed by atoms with Crippen molar-refractivity contribution in [3.63, 3.8) is 0 Å². The molecule has 0 aromatic carbocycles. The number of aliphatic carboxylic acids is 1. The minimum atomic E-state index is -0.856. The predicted molar refractivity (Wildman–Crippen MR) is 67.8 cm³/mol. The Bertz CT molecular complexity index is 542. The molecule has 5 nitrogen and oxygen atoms in total. The highest BCUT2D eigenvalue weighted by molar-refractivity contribution is 9.10. The Hall–Kier alpha value is -0.910. The summed E-state index contributed by atoms with van der Waals surface area (Å²) in [6.45, 7) is 0.